The van der Waals surface area contributed by atoms with Crippen LogP contribution in [0.5, 0.6) is 0 Å². The van der Waals surface area contributed by atoms with Crippen molar-refractivity contribution in [1.29, 1.82) is 0 Å². The van der Waals surface area contributed by atoms with E-state index in [1.807, 2.05) is 6.08 Å². The van der Waals surface area contributed by atoms with Crippen molar-refractivity contribution in [2.75, 3.05) is 13.7 Å². The lowest BCUT2D eigenvalue weighted by molar-refractivity contribution is -0.137. The number of carbonyl (C=O) groups excluding carboxylic acids is 1. The zero-order valence-corrected chi connectivity index (χ0v) is 8.94. The molecule has 0 amide bonds. The van der Waals surface area contributed by atoms with Gasteiger partial charge >= 0.3 is 5.97 Å². The lowest BCUT2D eigenvalue weighted by Gasteiger charge is -2.29. The number of methoxy groups -OCH3 is 1. The SMILES string of the molecule is COC(=O)C1=CCC2OCC3CCC1C32. The van der Waals surface area contributed by atoms with Crippen molar-refractivity contribution in [3.8, 4) is 0 Å². The van der Waals surface area contributed by atoms with E-state index in [2.05, 4.69) is 0 Å². The van der Waals surface area contributed by atoms with Crippen LogP contribution >= 0.6 is 0 Å². The van der Waals surface area contributed by atoms with E-state index >= 15 is 0 Å². The maximum absolute atomic E-state index is 11.6. The fourth-order valence-corrected chi connectivity index (χ4v) is 3.56. The van der Waals surface area contributed by atoms with Crippen LogP contribution in [0.1, 0.15) is 19.3 Å². The van der Waals surface area contributed by atoms with Crippen LogP contribution in [0.2, 0.25) is 0 Å². The van der Waals surface area contributed by atoms with Gasteiger partial charge in [-0.15, -0.1) is 0 Å². The minimum atomic E-state index is -0.133. The molecule has 0 N–H and O–H groups in total. The Kier molecular flexibility index (Phi) is 2.09. The summed E-state index contributed by atoms with van der Waals surface area (Å²) in [5.41, 5.74) is 0.909. The van der Waals surface area contributed by atoms with Gasteiger partial charge in [-0.25, -0.2) is 4.79 Å². The first kappa shape index (κ1) is 9.40. The molecule has 0 radical (unpaired) electrons. The molecule has 1 saturated heterocycles. The van der Waals surface area contributed by atoms with Crippen molar-refractivity contribution in [2.45, 2.75) is 25.4 Å². The van der Waals surface area contributed by atoms with Crippen molar-refractivity contribution in [3.05, 3.63) is 11.6 Å². The third kappa shape index (κ3) is 1.26. The number of esters is 1. The highest BCUT2D eigenvalue weighted by Crippen LogP contribution is 2.51. The largest absolute Gasteiger partial charge is 0.466 e. The van der Waals surface area contributed by atoms with Crippen LogP contribution in [0.15, 0.2) is 11.6 Å². The Morgan fingerprint density at radius 3 is 3.20 bits per heavy atom. The standard InChI is InChI=1S/C12H16O3/c1-14-12(13)9-4-5-10-11-7(6-15-10)2-3-8(9)11/h4,7-8,10-11H,2-3,5-6H2,1H3. The Balaban J connectivity index is 1.90. The average molecular weight is 208 g/mol. The highest BCUT2D eigenvalue weighted by atomic mass is 16.5. The maximum atomic E-state index is 11.6. The van der Waals surface area contributed by atoms with E-state index in [1.54, 1.807) is 0 Å². The van der Waals surface area contributed by atoms with Crippen LogP contribution in [-0.4, -0.2) is 25.8 Å². The maximum Gasteiger partial charge on any atom is 0.333 e. The van der Waals surface area contributed by atoms with Crippen LogP contribution < -0.4 is 0 Å². The highest BCUT2D eigenvalue weighted by molar-refractivity contribution is 5.89. The lowest BCUT2D eigenvalue weighted by Crippen LogP contribution is -2.31. The van der Waals surface area contributed by atoms with Crippen LogP contribution in [0, 0.1) is 17.8 Å². The minimum Gasteiger partial charge on any atom is -0.466 e. The second kappa shape index (κ2) is 3.34. The van der Waals surface area contributed by atoms with Gasteiger partial charge in [0.05, 0.1) is 19.8 Å². The van der Waals surface area contributed by atoms with Gasteiger partial charge in [0.25, 0.3) is 0 Å². The number of carbonyl (C=O) groups is 1. The van der Waals surface area contributed by atoms with E-state index in [0.29, 0.717) is 23.9 Å². The fraction of sp³-hybridized carbons (Fsp3) is 0.750. The Hall–Kier alpha value is -0.830. The zero-order valence-electron chi connectivity index (χ0n) is 8.94. The van der Waals surface area contributed by atoms with Gasteiger partial charge in [0.2, 0.25) is 0 Å². The third-order valence-electron chi connectivity index (χ3n) is 4.20. The van der Waals surface area contributed by atoms with Gasteiger partial charge in [-0.05, 0) is 37.0 Å². The number of hydrogen-bond acceptors (Lipinski definition) is 3. The second-order valence-corrected chi connectivity index (χ2v) is 4.78. The molecule has 4 atom stereocenters. The molecule has 0 aromatic carbocycles. The smallest absolute Gasteiger partial charge is 0.333 e. The summed E-state index contributed by atoms with van der Waals surface area (Å²) in [6.45, 7) is 0.897. The lowest BCUT2D eigenvalue weighted by atomic mass is 9.77. The van der Waals surface area contributed by atoms with E-state index in [-0.39, 0.29) is 5.97 Å². The van der Waals surface area contributed by atoms with Gasteiger partial charge in [-0.1, -0.05) is 6.08 Å². The molecule has 0 bridgehead atoms. The zero-order chi connectivity index (χ0) is 10.4. The monoisotopic (exact) mass is 208 g/mol. The molecule has 3 rings (SSSR count). The molecule has 2 aliphatic carbocycles. The predicted molar refractivity (Wildman–Crippen MR) is 54.2 cm³/mol. The van der Waals surface area contributed by atoms with E-state index in [1.165, 1.54) is 13.5 Å². The summed E-state index contributed by atoms with van der Waals surface area (Å²) in [6.07, 6.45) is 5.64. The Morgan fingerprint density at radius 1 is 1.53 bits per heavy atom. The molecule has 1 heterocycles. The van der Waals surface area contributed by atoms with Crippen LogP contribution in [0.25, 0.3) is 0 Å². The topological polar surface area (TPSA) is 35.5 Å². The van der Waals surface area contributed by atoms with Crippen molar-refractivity contribution in [3.63, 3.8) is 0 Å². The minimum absolute atomic E-state index is 0.133. The Labute approximate surface area is 89.4 Å². The molecule has 3 heteroatoms. The molecule has 4 unspecified atom stereocenters. The number of rotatable bonds is 1. The van der Waals surface area contributed by atoms with E-state index in [9.17, 15) is 4.79 Å². The second-order valence-electron chi connectivity index (χ2n) is 4.78. The normalized spacial score (nSPS) is 42.3. The first-order valence-electron chi connectivity index (χ1n) is 5.71. The summed E-state index contributed by atoms with van der Waals surface area (Å²) in [5.74, 6) is 1.55. The van der Waals surface area contributed by atoms with Gasteiger partial charge in [-0.3, -0.25) is 0 Å². The first-order chi connectivity index (χ1) is 7.31. The predicted octanol–water partition coefficient (Wildman–Crippen LogP) is 1.53. The molecule has 0 spiro atoms. The van der Waals surface area contributed by atoms with Gasteiger partial charge in [0, 0.05) is 5.57 Å². The molecule has 82 valence electrons. The summed E-state index contributed by atoms with van der Waals surface area (Å²) in [6, 6.07) is 0. The molecule has 2 fully saturated rings. The van der Waals surface area contributed by atoms with E-state index in [4.69, 9.17) is 9.47 Å². The van der Waals surface area contributed by atoms with E-state index < -0.39 is 0 Å². The summed E-state index contributed by atoms with van der Waals surface area (Å²) in [7, 11) is 1.47. The van der Waals surface area contributed by atoms with Gasteiger partial charge in [0.1, 0.15) is 0 Å². The number of ether oxygens (including phenoxy) is 2. The van der Waals surface area contributed by atoms with Gasteiger partial charge in [-0.2, -0.15) is 0 Å². The van der Waals surface area contributed by atoms with Crippen molar-refractivity contribution in [2.24, 2.45) is 17.8 Å². The molecule has 1 saturated carbocycles. The summed E-state index contributed by atoms with van der Waals surface area (Å²) < 4.78 is 10.6. The summed E-state index contributed by atoms with van der Waals surface area (Å²) in [4.78, 5) is 11.6. The van der Waals surface area contributed by atoms with Crippen LogP contribution in [0.4, 0.5) is 0 Å². The third-order valence-corrected chi connectivity index (χ3v) is 4.20. The van der Waals surface area contributed by atoms with E-state index in [0.717, 1.165) is 25.0 Å². The van der Waals surface area contributed by atoms with Crippen LogP contribution in [0.3, 0.4) is 0 Å². The van der Waals surface area contributed by atoms with Gasteiger partial charge < -0.3 is 9.47 Å². The Bertz CT molecular complexity index is 321. The first-order valence-corrected chi connectivity index (χ1v) is 5.71. The van der Waals surface area contributed by atoms with Crippen LogP contribution in [-0.2, 0) is 14.3 Å². The van der Waals surface area contributed by atoms with Crippen molar-refractivity contribution >= 4 is 5.97 Å². The molecular formula is C12H16O3. The molecule has 3 aliphatic rings. The Morgan fingerprint density at radius 2 is 2.40 bits per heavy atom. The molecule has 1 aliphatic heterocycles. The molecule has 0 aromatic rings. The van der Waals surface area contributed by atoms with Crippen molar-refractivity contribution in [1.82, 2.24) is 0 Å². The quantitative estimate of drug-likeness (QED) is 0.613. The molecular weight excluding hydrogens is 192 g/mol. The van der Waals surface area contributed by atoms with Crippen molar-refractivity contribution < 1.29 is 14.3 Å². The number of hydrogen-bond donors (Lipinski definition) is 0. The molecule has 15 heavy (non-hydrogen) atoms. The summed E-state index contributed by atoms with van der Waals surface area (Å²) in [5, 5.41) is 0. The highest BCUT2D eigenvalue weighted by Gasteiger charge is 2.50. The fourth-order valence-electron chi connectivity index (χ4n) is 3.56. The molecule has 0 aromatic heterocycles. The summed E-state index contributed by atoms with van der Waals surface area (Å²) >= 11 is 0. The average Bonchev–Trinajstić information content (AvgIpc) is 2.86. The van der Waals surface area contributed by atoms with Gasteiger partial charge in [0.15, 0.2) is 0 Å². The molecule has 3 nitrogen and oxygen atoms in total.